The van der Waals surface area contributed by atoms with Gasteiger partial charge >= 0.3 is 0 Å². The molecule has 4 N–H and O–H groups in total. The smallest absolute Gasteiger partial charge is 0.139 e. The molecular weight excluding hydrogens is 149 g/mol. The summed E-state index contributed by atoms with van der Waals surface area (Å²) >= 11 is 0. The first-order chi connectivity index (χ1) is 4.68. The molecule has 0 heterocycles. The Hall–Kier alpha value is -0.640. The monoisotopic (exact) mass is 165 g/mol. The number of unbranched alkanes of at least 4 members (excludes halogenated alkanes) is 2. The molecule has 0 aliphatic heterocycles. The van der Waals surface area contributed by atoms with Crippen molar-refractivity contribution in [1.82, 2.24) is 6.15 Å². The molecule has 0 aromatic carbocycles. The van der Waals surface area contributed by atoms with Gasteiger partial charge in [-0.25, -0.2) is 4.39 Å². The number of carbonyl (C=O) groups is 1. The number of alkyl halides is 1. The fraction of sp³-hybridized carbons (Fsp3) is 0.857. The third kappa shape index (κ3) is 7.25. The van der Waals surface area contributed by atoms with Crippen molar-refractivity contribution in [1.29, 1.82) is 0 Å². The number of halogens is 1. The molecule has 0 amide bonds. The number of carboxylic acids is 1. The van der Waals surface area contributed by atoms with E-state index in [1.54, 1.807) is 0 Å². The molecule has 0 spiro atoms. The van der Waals surface area contributed by atoms with Crippen LogP contribution < -0.4 is 11.3 Å². The Morgan fingerprint density at radius 3 is 2.45 bits per heavy atom. The summed E-state index contributed by atoms with van der Waals surface area (Å²) in [6.45, 7) is 1.98. The molecule has 0 saturated heterocycles. The van der Waals surface area contributed by atoms with Crippen LogP contribution in [0.25, 0.3) is 0 Å². The van der Waals surface area contributed by atoms with Gasteiger partial charge in [0.1, 0.15) is 6.17 Å². The first-order valence-electron chi connectivity index (χ1n) is 3.53. The maximum absolute atomic E-state index is 12.2. The van der Waals surface area contributed by atoms with E-state index in [4.69, 9.17) is 0 Å². The van der Waals surface area contributed by atoms with Crippen molar-refractivity contribution < 1.29 is 14.3 Å². The number of aliphatic carboxylic acids is 1. The third-order valence-electron chi connectivity index (χ3n) is 1.32. The molecule has 0 fully saturated rings. The number of rotatable bonds is 5. The van der Waals surface area contributed by atoms with Gasteiger partial charge in [-0.3, -0.25) is 0 Å². The van der Waals surface area contributed by atoms with Crippen LogP contribution in [-0.2, 0) is 4.79 Å². The van der Waals surface area contributed by atoms with Gasteiger partial charge < -0.3 is 16.1 Å². The second kappa shape index (κ2) is 7.47. The van der Waals surface area contributed by atoms with Gasteiger partial charge in [-0.05, 0) is 6.42 Å². The Kier molecular flexibility index (Phi) is 8.82. The lowest BCUT2D eigenvalue weighted by molar-refractivity contribution is -0.312. The molecule has 68 valence electrons. The van der Waals surface area contributed by atoms with Gasteiger partial charge in [0, 0.05) is 0 Å². The highest BCUT2D eigenvalue weighted by atomic mass is 19.1. The Morgan fingerprint density at radius 2 is 2.09 bits per heavy atom. The van der Waals surface area contributed by atoms with Gasteiger partial charge in [0.05, 0.1) is 5.97 Å². The molecule has 0 aliphatic rings. The first kappa shape index (κ1) is 13.0. The predicted octanol–water partition coefficient (Wildman–Crippen LogP) is 1.03. The highest BCUT2D eigenvalue weighted by molar-refractivity contribution is 5.69. The van der Waals surface area contributed by atoms with Crippen molar-refractivity contribution >= 4 is 5.97 Å². The molecule has 1 atom stereocenters. The fourth-order valence-electron chi connectivity index (χ4n) is 0.691. The van der Waals surface area contributed by atoms with E-state index in [0.717, 1.165) is 12.8 Å². The summed E-state index contributed by atoms with van der Waals surface area (Å²) in [5.41, 5.74) is 0. The Balaban J connectivity index is 0. The van der Waals surface area contributed by atoms with Gasteiger partial charge in [0.25, 0.3) is 0 Å². The molecule has 4 heteroatoms. The highest BCUT2D eigenvalue weighted by Crippen LogP contribution is 2.05. The average molecular weight is 165 g/mol. The van der Waals surface area contributed by atoms with Crippen molar-refractivity contribution in [3.8, 4) is 0 Å². The van der Waals surface area contributed by atoms with Crippen LogP contribution in [0.2, 0.25) is 0 Å². The lowest BCUT2D eigenvalue weighted by Crippen LogP contribution is -2.32. The maximum Gasteiger partial charge on any atom is 0.139 e. The van der Waals surface area contributed by atoms with Crippen molar-refractivity contribution in [2.45, 2.75) is 38.8 Å². The summed E-state index contributed by atoms with van der Waals surface area (Å²) in [5, 5.41) is 9.81. The summed E-state index contributed by atoms with van der Waals surface area (Å²) in [5.74, 6) is -1.59. The van der Waals surface area contributed by atoms with Gasteiger partial charge in [-0.2, -0.15) is 0 Å². The summed E-state index contributed by atoms with van der Waals surface area (Å²) in [4.78, 5) is 9.81. The lowest BCUT2D eigenvalue weighted by Gasteiger charge is -2.06. The minimum atomic E-state index is -1.77. The summed E-state index contributed by atoms with van der Waals surface area (Å²) in [6.07, 6.45) is 0.807. The molecule has 11 heavy (non-hydrogen) atoms. The molecular formula is C7H16FNO2. The standard InChI is InChI=1S/C7H13FO2.H3N/c1-2-3-4-5-6(8)7(9)10;/h6H,2-5H2,1H3,(H,9,10);1H3. The number of quaternary nitrogens is 1. The van der Waals surface area contributed by atoms with Crippen LogP contribution in [-0.4, -0.2) is 12.1 Å². The van der Waals surface area contributed by atoms with Crippen LogP contribution in [0.15, 0.2) is 0 Å². The largest absolute Gasteiger partial charge is 0.547 e. The van der Waals surface area contributed by atoms with Gasteiger partial charge in [-0.15, -0.1) is 0 Å². The molecule has 0 bridgehead atoms. The topological polar surface area (TPSA) is 76.6 Å². The Bertz CT molecular complexity index is 109. The molecule has 1 unspecified atom stereocenters. The van der Waals surface area contributed by atoms with Crippen molar-refractivity contribution in [3.05, 3.63) is 0 Å². The van der Waals surface area contributed by atoms with E-state index in [0.29, 0.717) is 6.42 Å². The number of hydrogen-bond acceptors (Lipinski definition) is 2. The first-order valence-corrected chi connectivity index (χ1v) is 3.53. The molecule has 3 nitrogen and oxygen atoms in total. The normalized spacial score (nSPS) is 11.8. The van der Waals surface area contributed by atoms with E-state index < -0.39 is 12.1 Å². The Labute approximate surface area is 66.2 Å². The van der Waals surface area contributed by atoms with Crippen LogP contribution in [0.4, 0.5) is 4.39 Å². The molecule has 0 radical (unpaired) electrons. The highest BCUT2D eigenvalue weighted by Gasteiger charge is 2.04. The number of carbonyl (C=O) groups excluding carboxylic acids is 1. The van der Waals surface area contributed by atoms with E-state index in [1.807, 2.05) is 6.92 Å². The molecule has 0 aromatic rings. The van der Waals surface area contributed by atoms with E-state index >= 15 is 0 Å². The maximum atomic E-state index is 12.2. The average Bonchev–Trinajstić information content (AvgIpc) is 1.88. The quantitative estimate of drug-likeness (QED) is 0.617. The van der Waals surface area contributed by atoms with Crippen molar-refractivity contribution in [3.63, 3.8) is 0 Å². The number of carboxylic acid groups (broad SMARTS) is 1. The minimum Gasteiger partial charge on any atom is -0.547 e. The summed E-state index contributed by atoms with van der Waals surface area (Å²) in [6, 6.07) is 0. The lowest BCUT2D eigenvalue weighted by atomic mass is 10.1. The van der Waals surface area contributed by atoms with Crippen LogP contribution in [0.5, 0.6) is 0 Å². The predicted molar refractivity (Wildman–Crippen MR) is 40.0 cm³/mol. The zero-order valence-corrected chi connectivity index (χ0v) is 7.10. The van der Waals surface area contributed by atoms with Crippen LogP contribution in [0.3, 0.4) is 0 Å². The van der Waals surface area contributed by atoms with Crippen molar-refractivity contribution in [2.24, 2.45) is 0 Å². The zero-order valence-electron chi connectivity index (χ0n) is 7.10. The summed E-state index contributed by atoms with van der Waals surface area (Å²) in [7, 11) is 0. The van der Waals surface area contributed by atoms with E-state index in [1.165, 1.54) is 0 Å². The zero-order chi connectivity index (χ0) is 7.98. The molecule has 0 aliphatic carbocycles. The van der Waals surface area contributed by atoms with Gasteiger partial charge in [-0.1, -0.05) is 26.2 Å². The van der Waals surface area contributed by atoms with Crippen LogP contribution >= 0.6 is 0 Å². The summed E-state index contributed by atoms with van der Waals surface area (Å²) < 4.78 is 12.2. The van der Waals surface area contributed by atoms with E-state index in [9.17, 15) is 14.3 Å². The number of hydrogen-bond donors (Lipinski definition) is 1. The van der Waals surface area contributed by atoms with E-state index in [-0.39, 0.29) is 12.6 Å². The third-order valence-corrected chi connectivity index (χ3v) is 1.32. The second-order valence-electron chi connectivity index (χ2n) is 2.28. The Morgan fingerprint density at radius 1 is 1.55 bits per heavy atom. The van der Waals surface area contributed by atoms with E-state index in [2.05, 4.69) is 0 Å². The second-order valence-corrected chi connectivity index (χ2v) is 2.28. The molecule has 0 aromatic heterocycles. The van der Waals surface area contributed by atoms with Crippen LogP contribution in [0.1, 0.15) is 32.6 Å². The molecule has 0 saturated carbocycles. The van der Waals surface area contributed by atoms with Gasteiger partial charge in [0.15, 0.2) is 0 Å². The molecule has 0 rings (SSSR count). The fourth-order valence-corrected chi connectivity index (χ4v) is 0.691. The van der Waals surface area contributed by atoms with Crippen LogP contribution in [0, 0.1) is 0 Å². The van der Waals surface area contributed by atoms with Crippen molar-refractivity contribution in [2.75, 3.05) is 0 Å². The van der Waals surface area contributed by atoms with Gasteiger partial charge in [0.2, 0.25) is 0 Å². The minimum absolute atomic E-state index is 0. The SMILES string of the molecule is CCCCCC(F)C(=O)[O-].[NH4+].